The number of amides is 1. The Morgan fingerprint density at radius 2 is 1.86 bits per heavy atom. The molecule has 1 fully saturated rings. The van der Waals surface area contributed by atoms with E-state index in [1.165, 1.54) is 5.56 Å². The van der Waals surface area contributed by atoms with Gasteiger partial charge in [0.1, 0.15) is 5.65 Å². The van der Waals surface area contributed by atoms with Crippen molar-refractivity contribution in [2.75, 3.05) is 26.2 Å². The van der Waals surface area contributed by atoms with E-state index in [4.69, 9.17) is 11.6 Å². The highest BCUT2D eigenvalue weighted by molar-refractivity contribution is 6.30. The molecule has 0 N–H and O–H groups in total. The van der Waals surface area contributed by atoms with E-state index in [1.807, 2.05) is 46.0 Å². The van der Waals surface area contributed by atoms with Crippen molar-refractivity contribution >= 4 is 23.2 Å². The number of halogens is 1. The highest BCUT2D eigenvalue weighted by Crippen LogP contribution is 2.14. The molecule has 0 radical (unpaired) electrons. The monoisotopic (exact) mass is 396 g/mol. The third kappa shape index (κ3) is 4.54. The van der Waals surface area contributed by atoms with Crippen molar-refractivity contribution in [1.29, 1.82) is 0 Å². The molecule has 0 atom stereocenters. The lowest BCUT2D eigenvalue weighted by molar-refractivity contribution is -0.130. The largest absolute Gasteiger partial charge is 0.341 e. The van der Waals surface area contributed by atoms with Crippen LogP contribution in [0.25, 0.3) is 5.65 Å². The second kappa shape index (κ2) is 8.33. The van der Waals surface area contributed by atoms with Crippen LogP contribution in [0.1, 0.15) is 23.2 Å². The fourth-order valence-electron chi connectivity index (χ4n) is 3.69. The number of carbonyl (C=O) groups excluding carboxylic acids is 1. The van der Waals surface area contributed by atoms with Crippen molar-refractivity contribution in [3.05, 3.63) is 70.6 Å². The van der Waals surface area contributed by atoms with Gasteiger partial charge < -0.3 is 9.30 Å². The van der Waals surface area contributed by atoms with E-state index in [-0.39, 0.29) is 5.91 Å². The third-order valence-corrected chi connectivity index (χ3v) is 5.49. The number of pyridine rings is 1. The Morgan fingerprint density at radius 3 is 2.68 bits per heavy atom. The molecule has 0 bridgehead atoms. The molecule has 5 nitrogen and oxygen atoms in total. The molecule has 28 heavy (non-hydrogen) atoms. The van der Waals surface area contributed by atoms with Crippen LogP contribution in [0.15, 0.2) is 48.8 Å². The summed E-state index contributed by atoms with van der Waals surface area (Å²) in [5.74, 6) is 0.216. The van der Waals surface area contributed by atoms with Crippen molar-refractivity contribution < 1.29 is 4.79 Å². The lowest BCUT2D eigenvalue weighted by atomic mass is 10.1. The molecule has 0 aliphatic carbocycles. The molecule has 1 saturated heterocycles. The summed E-state index contributed by atoms with van der Waals surface area (Å²) in [6, 6.07) is 12.0. The maximum absolute atomic E-state index is 12.7. The molecular formula is C22H25ClN4O. The van der Waals surface area contributed by atoms with Gasteiger partial charge in [-0.2, -0.15) is 0 Å². The molecule has 6 heteroatoms. The number of aromatic nitrogens is 2. The van der Waals surface area contributed by atoms with Gasteiger partial charge in [0.05, 0.1) is 17.1 Å². The summed E-state index contributed by atoms with van der Waals surface area (Å²) in [6.45, 7) is 6.29. The fraction of sp³-hybridized carbons (Fsp3) is 0.364. The summed E-state index contributed by atoms with van der Waals surface area (Å²) in [4.78, 5) is 21.8. The second-order valence-electron chi connectivity index (χ2n) is 7.52. The minimum atomic E-state index is 0.216. The number of hydrogen-bond donors (Lipinski definition) is 0. The molecule has 1 aliphatic rings. The van der Waals surface area contributed by atoms with Gasteiger partial charge in [0, 0.05) is 45.1 Å². The molecule has 2 aromatic heterocycles. The Balaban J connectivity index is 1.34. The van der Waals surface area contributed by atoms with Crippen LogP contribution in [0, 0.1) is 6.92 Å². The first kappa shape index (κ1) is 19.0. The zero-order valence-corrected chi connectivity index (χ0v) is 16.9. The first-order valence-electron chi connectivity index (χ1n) is 9.76. The smallest absolute Gasteiger partial charge is 0.227 e. The van der Waals surface area contributed by atoms with Gasteiger partial charge in [0.2, 0.25) is 5.91 Å². The van der Waals surface area contributed by atoms with Gasteiger partial charge in [-0.25, -0.2) is 4.98 Å². The van der Waals surface area contributed by atoms with Gasteiger partial charge in [0.25, 0.3) is 0 Å². The fourth-order valence-corrected chi connectivity index (χ4v) is 3.86. The summed E-state index contributed by atoms with van der Waals surface area (Å²) in [7, 11) is 0. The van der Waals surface area contributed by atoms with Gasteiger partial charge in [-0.05, 0) is 31.0 Å². The highest BCUT2D eigenvalue weighted by Gasteiger charge is 2.20. The number of nitrogens with zero attached hydrogens (tertiary/aromatic N) is 4. The lowest BCUT2D eigenvalue weighted by Crippen LogP contribution is -2.36. The quantitative estimate of drug-likeness (QED) is 0.676. The van der Waals surface area contributed by atoms with Gasteiger partial charge in [0.15, 0.2) is 0 Å². The Hall–Kier alpha value is -2.37. The average molecular weight is 397 g/mol. The van der Waals surface area contributed by atoms with Crippen LogP contribution in [0.4, 0.5) is 0 Å². The van der Waals surface area contributed by atoms with Crippen molar-refractivity contribution in [1.82, 2.24) is 19.2 Å². The Labute approximate surface area is 170 Å². The van der Waals surface area contributed by atoms with Crippen LogP contribution in [0.2, 0.25) is 5.02 Å². The molecule has 1 amide bonds. The van der Waals surface area contributed by atoms with Gasteiger partial charge >= 0.3 is 0 Å². The highest BCUT2D eigenvalue weighted by atomic mass is 35.5. The topological polar surface area (TPSA) is 40.9 Å². The van der Waals surface area contributed by atoms with E-state index in [9.17, 15) is 4.79 Å². The number of imidazole rings is 1. The Kier molecular flexibility index (Phi) is 5.64. The molecule has 4 rings (SSSR count). The summed E-state index contributed by atoms with van der Waals surface area (Å²) < 4.78 is 1.97. The van der Waals surface area contributed by atoms with Gasteiger partial charge in [-0.15, -0.1) is 0 Å². The van der Waals surface area contributed by atoms with Crippen LogP contribution in [-0.4, -0.2) is 51.3 Å². The standard InChI is InChI=1S/C22H25ClN4O/c1-17-3-5-18(6-4-17)13-22(28)26-10-2-9-25(11-12-26)15-20-16-27-14-19(23)7-8-21(27)24-20/h3-8,14,16H,2,9-13,15H2,1H3. The molecule has 0 unspecified atom stereocenters. The second-order valence-corrected chi connectivity index (χ2v) is 7.95. The van der Waals surface area contributed by atoms with E-state index in [0.717, 1.165) is 56.0 Å². The van der Waals surface area contributed by atoms with Crippen LogP contribution in [-0.2, 0) is 17.8 Å². The van der Waals surface area contributed by atoms with Crippen molar-refractivity contribution in [3.8, 4) is 0 Å². The molecule has 146 valence electrons. The van der Waals surface area contributed by atoms with E-state index in [2.05, 4.69) is 28.9 Å². The number of fused-ring (bicyclic) bond motifs is 1. The number of aryl methyl sites for hydroxylation is 1. The minimum absolute atomic E-state index is 0.216. The Bertz CT molecular complexity index is 966. The predicted octanol–water partition coefficient (Wildman–Crippen LogP) is 3.57. The number of hydrogen-bond acceptors (Lipinski definition) is 3. The zero-order valence-electron chi connectivity index (χ0n) is 16.1. The maximum atomic E-state index is 12.7. The van der Waals surface area contributed by atoms with E-state index < -0.39 is 0 Å². The first-order chi connectivity index (χ1) is 13.6. The molecule has 0 spiro atoms. The summed E-state index contributed by atoms with van der Waals surface area (Å²) in [6.07, 6.45) is 5.38. The number of carbonyl (C=O) groups is 1. The number of rotatable bonds is 4. The van der Waals surface area contributed by atoms with Crippen LogP contribution in [0.5, 0.6) is 0 Å². The zero-order chi connectivity index (χ0) is 19.5. The van der Waals surface area contributed by atoms with Crippen molar-refractivity contribution in [2.24, 2.45) is 0 Å². The minimum Gasteiger partial charge on any atom is -0.341 e. The van der Waals surface area contributed by atoms with Crippen molar-refractivity contribution in [3.63, 3.8) is 0 Å². The molecular weight excluding hydrogens is 372 g/mol. The van der Waals surface area contributed by atoms with Crippen molar-refractivity contribution in [2.45, 2.75) is 26.3 Å². The normalized spacial score (nSPS) is 15.7. The molecule has 3 aromatic rings. The Morgan fingerprint density at radius 1 is 1.04 bits per heavy atom. The van der Waals surface area contributed by atoms with Gasteiger partial charge in [-0.3, -0.25) is 9.69 Å². The lowest BCUT2D eigenvalue weighted by Gasteiger charge is -2.21. The number of benzene rings is 1. The molecule has 0 saturated carbocycles. The summed E-state index contributed by atoms with van der Waals surface area (Å²) >= 11 is 6.06. The van der Waals surface area contributed by atoms with Gasteiger partial charge in [-0.1, -0.05) is 41.4 Å². The van der Waals surface area contributed by atoms with Crippen LogP contribution in [0.3, 0.4) is 0 Å². The molecule has 1 aromatic carbocycles. The van der Waals surface area contributed by atoms with E-state index in [1.54, 1.807) is 0 Å². The molecule has 1 aliphatic heterocycles. The molecule has 3 heterocycles. The maximum Gasteiger partial charge on any atom is 0.227 e. The first-order valence-corrected chi connectivity index (χ1v) is 10.1. The average Bonchev–Trinajstić information content (AvgIpc) is 2.91. The third-order valence-electron chi connectivity index (χ3n) is 5.27. The summed E-state index contributed by atoms with van der Waals surface area (Å²) in [5.41, 5.74) is 4.24. The summed E-state index contributed by atoms with van der Waals surface area (Å²) in [5, 5.41) is 0.703. The van der Waals surface area contributed by atoms with Crippen LogP contribution >= 0.6 is 11.6 Å². The predicted molar refractivity (Wildman–Crippen MR) is 112 cm³/mol. The van der Waals surface area contributed by atoms with E-state index >= 15 is 0 Å². The van der Waals surface area contributed by atoms with Crippen LogP contribution < -0.4 is 0 Å². The van der Waals surface area contributed by atoms with E-state index in [0.29, 0.717) is 11.4 Å². The SMILES string of the molecule is Cc1ccc(CC(=O)N2CCCN(Cc3cn4cc(Cl)ccc4n3)CC2)cc1.